The minimum absolute atomic E-state index is 0.0801. The first-order valence-electron chi connectivity index (χ1n) is 10.6. The number of aromatic carboxylic acids is 1. The largest absolute Gasteiger partial charge is 0.478 e. The van der Waals surface area contributed by atoms with E-state index in [2.05, 4.69) is 4.98 Å². The molecule has 0 aliphatic heterocycles. The number of Topliss-reactive ketones (excluding diaryl/α,β-unsaturated/α-hetero) is 1. The highest BCUT2D eigenvalue weighted by molar-refractivity contribution is 6.07. The number of ether oxygens (including phenoxy) is 1. The van der Waals surface area contributed by atoms with Crippen LogP contribution < -0.4 is 0 Å². The van der Waals surface area contributed by atoms with Crippen molar-refractivity contribution >= 4 is 11.8 Å². The normalized spacial score (nSPS) is 18.4. The molecule has 1 heterocycles. The Balaban J connectivity index is 1.39. The standard InChI is InChI=1S/C25H24FNO5/c1-15-4-2-7-21(22(15)25(29)30)23(28)17-5-3-6-20(12-17)31-13-19-14-32-24(27-19)16-8-10-18(26)11-9-16/h2,4,7-11,14,17,20H,3,5-6,12-13H2,1H3,(H,29,30)/t17-,20+/m1/s1. The van der Waals surface area contributed by atoms with E-state index in [0.29, 0.717) is 35.6 Å². The van der Waals surface area contributed by atoms with Gasteiger partial charge in [-0.25, -0.2) is 14.2 Å². The molecule has 1 N–H and O–H groups in total. The number of hydrogen-bond donors (Lipinski definition) is 1. The molecule has 0 bridgehead atoms. The van der Waals surface area contributed by atoms with E-state index in [-0.39, 0.29) is 41.4 Å². The fourth-order valence-corrected chi connectivity index (χ4v) is 4.21. The number of oxazole rings is 1. The summed E-state index contributed by atoms with van der Waals surface area (Å²) in [6.45, 7) is 1.94. The van der Waals surface area contributed by atoms with Crippen LogP contribution >= 0.6 is 0 Å². The number of aromatic nitrogens is 1. The van der Waals surface area contributed by atoms with E-state index in [0.717, 1.165) is 12.8 Å². The molecule has 7 heteroatoms. The molecule has 0 saturated heterocycles. The Bertz CT molecular complexity index is 1120. The van der Waals surface area contributed by atoms with E-state index in [4.69, 9.17) is 9.15 Å². The summed E-state index contributed by atoms with van der Waals surface area (Å²) < 4.78 is 24.6. The molecule has 4 rings (SSSR count). The number of aryl methyl sites for hydroxylation is 1. The highest BCUT2D eigenvalue weighted by atomic mass is 19.1. The number of nitrogens with zero attached hydrogens (tertiary/aromatic N) is 1. The molecule has 0 unspecified atom stereocenters. The van der Waals surface area contributed by atoms with Gasteiger partial charge in [0, 0.05) is 17.0 Å². The Labute approximate surface area is 185 Å². The maximum atomic E-state index is 13.1. The SMILES string of the molecule is Cc1cccc(C(=O)[C@@H]2CCC[C@H](OCc3coc(-c4ccc(F)cc4)n3)C2)c1C(=O)O. The molecule has 2 aromatic carbocycles. The summed E-state index contributed by atoms with van der Waals surface area (Å²) in [7, 11) is 0. The van der Waals surface area contributed by atoms with Gasteiger partial charge in [0.2, 0.25) is 5.89 Å². The number of hydrogen-bond acceptors (Lipinski definition) is 5. The number of carbonyl (C=O) groups is 2. The molecule has 3 aromatic rings. The number of halogens is 1. The Hall–Kier alpha value is -3.32. The van der Waals surface area contributed by atoms with Gasteiger partial charge in [-0.15, -0.1) is 0 Å². The number of carbonyl (C=O) groups excluding carboxylic acids is 1. The third-order valence-corrected chi connectivity index (χ3v) is 5.86. The van der Waals surface area contributed by atoms with Gasteiger partial charge in [0.05, 0.1) is 18.3 Å². The summed E-state index contributed by atoms with van der Waals surface area (Å²) in [4.78, 5) is 29.2. The van der Waals surface area contributed by atoms with E-state index >= 15 is 0 Å². The number of rotatable bonds is 7. The van der Waals surface area contributed by atoms with Crippen LogP contribution in [-0.2, 0) is 11.3 Å². The summed E-state index contributed by atoms with van der Waals surface area (Å²) in [5, 5.41) is 9.54. The van der Waals surface area contributed by atoms with Gasteiger partial charge in [0.15, 0.2) is 5.78 Å². The maximum Gasteiger partial charge on any atom is 0.336 e. The predicted octanol–water partition coefficient (Wildman–Crippen LogP) is 5.45. The lowest BCUT2D eigenvalue weighted by molar-refractivity contribution is 0.00242. The highest BCUT2D eigenvalue weighted by Crippen LogP contribution is 2.31. The van der Waals surface area contributed by atoms with Crippen molar-refractivity contribution in [3.05, 3.63) is 76.9 Å². The van der Waals surface area contributed by atoms with Crippen LogP contribution in [0.25, 0.3) is 11.5 Å². The fraction of sp³-hybridized carbons (Fsp3) is 0.320. The lowest BCUT2D eigenvalue weighted by Gasteiger charge is -2.28. The van der Waals surface area contributed by atoms with Crippen LogP contribution in [0.4, 0.5) is 4.39 Å². The Morgan fingerprint density at radius 3 is 2.72 bits per heavy atom. The van der Waals surface area contributed by atoms with Crippen molar-refractivity contribution in [2.75, 3.05) is 0 Å². The summed E-state index contributed by atoms with van der Waals surface area (Å²) in [6.07, 6.45) is 4.29. The van der Waals surface area contributed by atoms with Crippen molar-refractivity contribution in [1.29, 1.82) is 0 Å². The van der Waals surface area contributed by atoms with E-state index in [9.17, 15) is 19.1 Å². The summed E-state index contributed by atoms with van der Waals surface area (Å²) in [5.41, 5.74) is 2.22. The second kappa shape index (κ2) is 9.44. The second-order valence-electron chi connectivity index (χ2n) is 8.11. The van der Waals surface area contributed by atoms with Gasteiger partial charge in [-0.3, -0.25) is 4.79 Å². The van der Waals surface area contributed by atoms with Crippen LogP contribution in [0.1, 0.15) is 57.7 Å². The molecule has 166 valence electrons. The zero-order valence-corrected chi connectivity index (χ0v) is 17.7. The van der Waals surface area contributed by atoms with Gasteiger partial charge in [-0.2, -0.15) is 0 Å². The average molecular weight is 437 g/mol. The quantitative estimate of drug-likeness (QED) is 0.495. The van der Waals surface area contributed by atoms with Crippen LogP contribution in [0.5, 0.6) is 0 Å². The molecule has 1 saturated carbocycles. The van der Waals surface area contributed by atoms with Gasteiger partial charge in [-0.05, 0) is 56.0 Å². The summed E-state index contributed by atoms with van der Waals surface area (Å²) in [6, 6.07) is 10.9. The topological polar surface area (TPSA) is 89.6 Å². The average Bonchev–Trinajstić information content (AvgIpc) is 3.26. The molecular formula is C25H24FNO5. The predicted molar refractivity (Wildman–Crippen MR) is 115 cm³/mol. The summed E-state index contributed by atoms with van der Waals surface area (Å²) >= 11 is 0. The summed E-state index contributed by atoms with van der Waals surface area (Å²) in [5.74, 6) is -1.44. The monoisotopic (exact) mass is 437 g/mol. The zero-order valence-electron chi connectivity index (χ0n) is 17.7. The molecule has 0 radical (unpaired) electrons. The van der Waals surface area contributed by atoms with Crippen LogP contribution in [-0.4, -0.2) is 27.9 Å². The van der Waals surface area contributed by atoms with Crippen LogP contribution in [0, 0.1) is 18.7 Å². The lowest BCUT2D eigenvalue weighted by atomic mass is 9.81. The second-order valence-corrected chi connectivity index (χ2v) is 8.11. The Kier molecular flexibility index (Phi) is 6.46. The zero-order chi connectivity index (χ0) is 22.7. The molecule has 1 aromatic heterocycles. The van der Waals surface area contributed by atoms with E-state index in [1.54, 1.807) is 37.3 Å². The number of benzene rings is 2. The molecule has 0 spiro atoms. The molecule has 0 amide bonds. The number of carboxylic acids is 1. The number of ketones is 1. The molecule has 1 fully saturated rings. The molecule has 1 aliphatic carbocycles. The third kappa shape index (κ3) is 4.78. The minimum atomic E-state index is -1.09. The van der Waals surface area contributed by atoms with Gasteiger partial charge in [0.25, 0.3) is 0 Å². The van der Waals surface area contributed by atoms with Gasteiger partial charge in [-0.1, -0.05) is 24.6 Å². The molecule has 6 nitrogen and oxygen atoms in total. The third-order valence-electron chi connectivity index (χ3n) is 5.86. The van der Waals surface area contributed by atoms with Gasteiger partial charge in [0.1, 0.15) is 17.8 Å². The molecule has 1 aliphatic rings. The molecular weight excluding hydrogens is 413 g/mol. The van der Waals surface area contributed by atoms with Crippen molar-refractivity contribution < 1.29 is 28.2 Å². The van der Waals surface area contributed by atoms with Gasteiger partial charge < -0.3 is 14.3 Å². The van der Waals surface area contributed by atoms with E-state index in [1.165, 1.54) is 18.4 Å². The van der Waals surface area contributed by atoms with Crippen LogP contribution in [0.15, 0.2) is 53.1 Å². The molecule has 2 atom stereocenters. The van der Waals surface area contributed by atoms with E-state index < -0.39 is 5.97 Å². The van der Waals surface area contributed by atoms with Crippen molar-refractivity contribution in [3.63, 3.8) is 0 Å². The van der Waals surface area contributed by atoms with Crippen LogP contribution in [0.3, 0.4) is 0 Å². The number of carboxylic acid groups (broad SMARTS) is 1. The van der Waals surface area contributed by atoms with Crippen LogP contribution in [0.2, 0.25) is 0 Å². The van der Waals surface area contributed by atoms with Crippen molar-refractivity contribution in [2.45, 2.75) is 45.3 Å². The smallest absolute Gasteiger partial charge is 0.336 e. The fourth-order valence-electron chi connectivity index (χ4n) is 4.21. The van der Waals surface area contributed by atoms with Crippen molar-refractivity contribution in [3.8, 4) is 11.5 Å². The first-order valence-corrected chi connectivity index (χ1v) is 10.6. The first kappa shape index (κ1) is 21.9. The minimum Gasteiger partial charge on any atom is -0.478 e. The van der Waals surface area contributed by atoms with Crippen molar-refractivity contribution in [2.24, 2.45) is 5.92 Å². The molecule has 32 heavy (non-hydrogen) atoms. The van der Waals surface area contributed by atoms with E-state index in [1.807, 2.05) is 0 Å². The Morgan fingerprint density at radius 2 is 1.97 bits per heavy atom. The van der Waals surface area contributed by atoms with Gasteiger partial charge >= 0.3 is 5.97 Å². The lowest BCUT2D eigenvalue weighted by Crippen LogP contribution is -2.29. The highest BCUT2D eigenvalue weighted by Gasteiger charge is 2.31. The Morgan fingerprint density at radius 1 is 1.19 bits per heavy atom. The maximum absolute atomic E-state index is 13.1. The first-order chi connectivity index (χ1) is 15.4. The van der Waals surface area contributed by atoms with Crippen molar-refractivity contribution in [1.82, 2.24) is 4.98 Å².